The molecule has 168 valence electrons. The molecule has 7 atom stereocenters. The molecule has 1 spiro atoms. The Balaban J connectivity index is 1.42. The summed E-state index contributed by atoms with van der Waals surface area (Å²) in [6.45, 7) is 8.61. The Hall–Kier alpha value is -1.95. The molecule has 3 heterocycles. The largest absolute Gasteiger partial charge is 0.392 e. The Morgan fingerprint density at radius 1 is 1.12 bits per heavy atom. The van der Waals surface area contributed by atoms with E-state index in [0.29, 0.717) is 12.3 Å². The van der Waals surface area contributed by atoms with Crippen LogP contribution in [0.5, 0.6) is 0 Å². The van der Waals surface area contributed by atoms with Gasteiger partial charge in [0, 0.05) is 34.4 Å². The Labute approximate surface area is 188 Å². The van der Waals surface area contributed by atoms with Crippen molar-refractivity contribution in [3.8, 4) is 0 Å². The summed E-state index contributed by atoms with van der Waals surface area (Å²) in [5.74, 6) is -0.709. The highest BCUT2D eigenvalue weighted by atomic mass is 16.8. The summed E-state index contributed by atoms with van der Waals surface area (Å²) in [4.78, 5) is 16.8. The van der Waals surface area contributed by atoms with Crippen LogP contribution < -0.4 is 0 Å². The van der Waals surface area contributed by atoms with Gasteiger partial charge in [0.2, 0.25) is 0 Å². The highest BCUT2D eigenvalue weighted by Crippen LogP contribution is 2.70. The van der Waals surface area contributed by atoms with E-state index in [0.717, 1.165) is 24.8 Å². The highest BCUT2D eigenvalue weighted by molar-refractivity contribution is 5.97. The number of carbonyl (C=O) groups excluding carboxylic acids is 1. The monoisotopic (exact) mass is 433 g/mol. The number of aromatic nitrogens is 1. The number of benzene rings is 1. The van der Waals surface area contributed by atoms with Crippen molar-refractivity contribution in [3.05, 3.63) is 47.2 Å². The molecule has 5 aliphatic rings. The fraction of sp³-hybridized carbons (Fsp3) is 0.593. The van der Waals surface area contributed by atoms with Gasteiger partial charge in [0.05, 0.1) is 6.10 Å². The van der Waals surface area contributed by atoms with Crippen LogP contribution in [-0.2, 0) is 26.1 Å². The zero-order valence-electron chi connectivity index (χ0n) is 19.2. The molecule has 3 fully saturated rings. The second kappa shape index (κ2) is 5.57. The van der Waals surface area contributed by atoms with Crippen LogP contribution in [0.4, 0.5) is 0 Å². The summed E-state index contributed by atoms with van der Waals surface area (Å²) in [7, 11) is 0. The average molecular weight is 434 g/mol. The molecule has 0 amide bonds. The zero-order valence-corrected chi connectivity index (χ0v) is 19.2. The molecule has 2 aliphatic heterocycles. The smallest absolute Gasteiger partial charge is 0.193 e. The third kappa shape index (κ3) is 1.97. The van der Waals surface area contributed by atoms with Crippen molar-refractivity contribution in [3.63, 3.8) is 0 Å². The predicted octanol–water partition coefficient (Wildman–Crippen LogP) is 4.18. The van der Waals surface area contributed by atoms with Gasteiger partial charge < -0.3 is 19.6 Å². The van der Waals surface area contributed by atoms with E-state index >= 15 is 0 Å². The van der Waals surface area contributed by atoms with E-state index in [1.54, 1.807) is 6.08 Å². The lowest BCUT2D eigenvalue weighted by molar-refractivity contribution is -0.218. The molecule has 0 radical (unpaired) electrons. The maximum atomic E-state index is 13.1. The molecular weight excluding hydrogens is 402 g/mol. The van der Waals surface area contributed by atoms with Gasteiger partial charge in [-0.1, -0.05) is 32.0 Å². The second-order valence-electron chi connectivity index (χ2n) is 11.8. The predicted molar refractivity (Wildman–Crippen MR) is 120 cm³/mol. The molecule has 5 nitrogen and oxygen atoms in total. The van der Waals surface area contributed by atoms with E-state index in [2.05, 4.69) is 43.1 Å². The Morgan fingerprint density at radius 2 is 1.91 bits per heavy atom. The van der Waals surface area contributed by atoms with Crippen molar-refractivity contribution >= 4 is 16.7 Å². The van der Waals surface area contributed by atoms with Crippen LogP contribution in [0.2, 0.25) is 0 Å². The number of para-hydroxylation sites is 1. The van der Waals surface area contributed by atoms with E-state index in [1.165, 1.54) is 22.2 Å². The lowest BCUT2D eigenvalue weighted by atomic mass is 9.43. The quantitative estimate of drug-likeness (QED) is 0.654. The average Bonchev–Trinajstić information content (AvgIpc) is 3.31. The standard InChI is InChI=1S/C27H31NO4/c1-24(2)23-20(30)13-17-21-19(29)12-14-11-16-15-7-5-6-8-18(15)28-22(16)26(14,4)25(21,3)9-10-27(17,31-23)32-24/h5-8,13-14,19,21,23,28-29H,9-12H2,1-4H3/t14?,19?,21?,23?,25?,26-,27?/m1/s1. The molecule has 1 aromatic carbocycles. The number of carbonyl (C=O) groups is 1. The van der Waals surface area contributed by atoms with Gasteiger partial charge in [-0.05, 0) is 67.7 Å². The number of nitrogens with one attached hydrogen (secondary N) is 1. The first-order valence-corrected chi connectivity index (χ1v) is 12.0. The van der Waals surface area contributed by atoms with Crippen molar-refractivity contribution in [2.45, 2.75) is 82.4 Å². The van der Waals surface area contributed by atoms with Crippen LogP contribution in [0, 0.1) is 17.3 Å². The number of fused-ring (bicyclic) bond motifs is 9. The van der Waals surface area contributed by atoms with Crippen molar-refractivity contribution < 1.29 is 19.4 Å². The lowest BCUT2D eigenvalue weighted by Crippen LogP contribution is -2.64. The van der Waals surface area contributed by atoms with E-state index < -0.39 is 23.6 Å². The van der Waals surface area contributed by atoms with Gasteiger partial charge in [0.1, 0.15) is 5.60 Å². The molecule has 7 rings (SSSR count). The molecule has 2 bridgehead atoms. The van der Waals surface area contributed by atoms with Gasteiger partial charge in [-0.15, -0.1) is 0 Å². The number of hydrogen-bond donors (Lipinski definition) is 2. The minimum Gasteiger partial charge on any atom is -0.392 e. The minimum atomic E-state index is -0.877. The Kier molecular flexibility index (Phi) is 3.40. The van der Waals surface area contributed by atoms with Crippen LogP contribution in [0.3, 0.4) is 0 Å². The summed E-state index contributed by atoms with van der Waals surface area (Å²) in [6.07, 6.45) is 4.00. The van der Waals surface area contributed by atoms with Crippen molar-refractivity contribution in [1.29, 1.82) is 0 Å². The third-order valence-corrected chi connectivity index (χ3v) is 10.1. The van der Waals surface area contributed by atoms with E-state index in [-0.39, 0.29) is 22.5 Å². The first kappa shape index (κ1) is 19.5. The van der Waals surface area contributed by atoms with Crippen molar-refractivity contribution in [2.24, 2.45) is 17.3 Å². The number of aliphatic hydroxyl groups excluding tert-OH is 1. The third-order valence-electron chi connectivity index (χ3n) is 10.1. The molecule has 6 unspecified atom stereocenters. The minimum absolute atomic E-state index is 0.0282. The van der Waals surface area contributed by atoms with E-state index in [9.17, 15) is 9.90 Å². The van der Waals surface area contributed by atoms with Gasteiger partial charge in [-0.2, -0.15) is 0 Å². The van der Waals surface area contributed by atoms with Crippen LogP contribution in [-0.4, -0.2) is 39.5 Å². The maximum Gasteiger partial charge on any atom is 0.193 e. The number of ketones is 1. The summed E-state index contributed by atoms with van der Waals surface area (Å²) < 4.78 is 12.9. The number of hydrogen-bond acceptors (Lipinski definition) is 4. The number of aromatic amines is 1. The number of aliphatic hydroxyl groups is 1. The van der Waals surface area contributed by atoms with Crippen LogP contribution in [0.25, 0.3) is 10.9 Å². The van der Waals surface area contributed by atoms with Gasteiger partial charge in [0.15, 0.2) is 17.7 Å². The summed E-state index contributed by atoms with van der Waals surface area (Å²) in [5.41, 5.74) is 3.79. The van der Waals surface area contributed by atoms with Gasteiger partial charge in [0.25, 0.3) is 0 Å². The number of rotatable bonds is 0. The summed E-state index contributed by atoms with van der Waals surface area (Å²) in [6, 6.07) is 8.56. The SMILES string of the molecule is CC1(C)OC23CCC4(C)C(C2=CC(=O)C1O3)C(O)CC1Cc2c([nH]c3ccccc23)[C@@]14C. The summed E-state index contributed by atoms with van der Waals surface area (Å²) in [5, 5.41) is 12.9. The molecule has 2 saturated carbocycles. The molecule has 1 aromatic heterocycles. The normalized spacial score (nSPS) is 45.8. The first-order valence-electron chi connectivity index (χ1n) is 12.0. The molecule has 3 aliphatic carbocycles. The van der Waals surface area contributed by atoms with Crippen LogP contribution in [0.1, 0.15) is 58.2 Å². The second-order valence-corrected chi connectivity index (χ2v) is 11.8. The van der Waals surface area contributed by atoms with Gasteiger partial charge >= 0.3 is 0 Å². The van der Waals surface area contributed by atoms with Crippen molar-refractivity contribution in [1.82, 2.24) is 4.98 Å². The van der Waals surface area contributed by atoms with Crippen LogP contribution in [0.15, 0.2) is 35.9 Å². The highest BCUT2D eigenvalue weighted by Gasteiger charge is 2.71. The molecule has 32 heavy (non-hydrogen) atoms. The van der Waals surface area contributed by atoms with E-state index in [4.69, 9.17) is 9.47 Å². The number of ether oxygens (including phenoxy) is 2. The van der Waals surface area contributed by atoms with Crippen LogP contribution >= 0.6 is 0 Å². The molecule has 1 saturated heterocycles. The summed E-state index contributed by atoms with van der Waals surface area (Å²) >= 11 is 0. The Bertz CT molecular complexity index is 1230. The molecule has 5 heteroatoms. The maximum absolute atomic E-state index is 13.1. The zero-order chi connectivity index (χ0) is 22.3. The number of H-pyrrole nitrogens is 1. The molecular formula is C27H31NO4. The van der Waals surface area contributed by atoms with E-state index in [1.807, 2.05) is 13.8 Å². The first-order chi connectivity index (χ1) is 15.1. The fourth-order valence-corrected chi connectivity index (χ4v) is 8.43. The van der Waals surface area contributed by atoms with Crippen molar-refractivity contribution in [2.75, 3.05) is 0 Å². The fourth-order valence-electron chi connectivity index (χ4n) is 8.43. The Morgan fingerprint density at radius 3 is 2.72 bits per heavy atom. The van der Waals surface area contributed by atoms with Gasteiger partial charge in [-0.3, -0.25) is 4.79 Å². The lowest BCUT2D eigenvalue weighted by Gasteiger charge is -2.63. The van der Waals surface area contributed by atoms with Gasteiger partial charge in [-0.25, -0.2) is 0 Å². The topological polar surface area (TPSA) is 71.6 Å². The molecule has 2 aromatic rings. The molecule has 2 N–H and O–H groups in total.